The van der Waals surface area contributed by atoms with Crippen molar-refractivity contribution in [1.29, 1.82) is 0 Å². The lowest BCUT2D eigenvalue weighted by molar-refractivity contribution is -0.134. The van der Waals surface area contributed by atoms with Crippen molar-refractivity contribution in [2.24, 2.45) is 0 Å². The van der Waals surface area contributed by atoms with E-state index in [1.165, 1.54) is 36.3 Å². The fourth-order valence-corrected chi connectivity index (χ4v) is 3.90. The average Bonchev–Trinajstić information content (AvgIpc) is 2.68. The van der Waals surface area contributed by atoms with Gasteiger partial charge in [-0.25, -0.2) is 4.79 Å². The highest BCUT2D eigenvalue weighted by molar-refractivity contribution is 6.30. The monoisotopic (exact) mass is 390 g/mol. The van der Waals surface area contributed by atoms with Crippen LogP contribution in [0.1, 0.15) is 33.4 Å². The molecule has 4 amide bonds. The summed E-state index contributed by atoms with van der Waals surface area (Å²) in [7, 11) is 2.77. The van der Waals surface area contributed by atoms with Gasteiger partial charge in [0.15, 0.2) is 0 Å². The van der Waals surface area contributed by atoms with Crippen LogP contribution in [0.2, 0.25) is 0 Å². The smallest absolute Gasteiger partial charge is 0.268 e. The average molecular weight is 390 g/mol. The van der Waals surface area contributed by atoms with Crippen molar-refractivity contribution in [3.63, 3.8) is 0 Å². The number of rotatable bonds is 4. The highest BCUT2D eigenvalue weighted by Gasteiger charge is 2.37. The van der Waals surface area contributed by atoms with E-state index in [0.717, 1.165) is 33.8 Å². The van der Waals surface area contributed by atoms with Crippen molar-refractivity contribution < 1.29 is 14.4 Å². The first-order valence-corrected chi connectivity index (χ1v) is 9.67. The molecule has 1 saturated heterocycles. The molecule has 0 aromatic heterocycles. The SMILES string of the molecule is Cc1cc(C)c(CCc2ccccc2C=C2C(=O)N(C)C(=O)N(C)C2=O)c(C)c1. The van der Waals surface area contributed by atoms with Gasteiger partial charge in [0.05, 0.1) is 0 Å². The summed E-state index contributed by atoms with van der Waals surface area (Å²) in [4.78, 5) is 38.9. The first-order valence-electron chi connectivity index (χ1n) is 9.67. The van der Waals surface area contributed by atoms with E-state index in [-0.39, 0.29) is 5.57 Å². The Balaban J connectivity index is 1.92. The number of urea groups is 1. The second-order valence-corrected chi connectivity index (χ2v) is 7.65. The molecular formula is C24H26N2O3. The van der Waals surface area contributed by atoms with Crippen LogP contribution in [0.5, 0.6) is 0 Å². The summed E-state index contributed by atoms with van der Waals surface area (Å²) in [5.74, 6) is -1.14. The summed E-state index contributed by atoms with van der Waals surface area (Å²) >= 11 is 0. The fourth-order valence-electron chi connectivity index (χ4n) is 3.90. The van der Waals surface area contributed by atoms with Crippen molar-refractivity contribution >= 4 is 23.9 Å². The van der Waals surface area contributed by atoms with Crippen LogP contribution in [0, 0.1) is 20.8 Å². The van der Waals surface area contributed by atoms with E-state index in [9.17, 15) is 14.4 Å². The van der Waals surface area contributed by atoms with Crippen LogP contribution < -0.4 is 0 Å². The fraction of sp³-hybridized carbons (Fsp3) is 0.292. The maximum atomic E-state index is 12.5. The summed E-state index contributed by atoms with van der Waals surface area (Å²) in [6.45, 7) is 6.36. The van der Waals surface area contributed by atoms with Gasteiger partial charge in [0.1, 0.15) is 5.57 Å². The predicted octanol–water partition coefficient (Wildman–Crippen LogP) is 3.83. The molecule has 1 aliphatic rings. The molecule has 0 spiro atoms. The van der Waals surface area contributed by atoms with Crippen molar-refractivity contribution in [2.75, 3.05) is 14.1 Å². The molecule has 0 saturated carbocycles. The van der Waals surface area contributed by atoms with Crippen molar-refractivity contribution in [3.8, 4) is 0 Å². The van der Waals surface area contributed by atoms with Gasteiger partial charge in [0.2, 0.25) is 0 Å². The third kappa shape index (κ3) is 3.99. The molecule has 2 aromatic carbocycles. The number of aryl methyl sites for hydroxylation is 4. The Morgan fingerprint density at radius 2 is 1.38 bits per heavy atom. The van der Waals surface area contributed by atoms with Crippen LogP contribution in [-0.4, -0.2) is 41.7 Å². The van der Waals surface area contributed by atoms with Gasteiger partial charge < -0.3 is 0 Å². The third-order valence-corrected chi connectivity index (χ3v) is 5.48. The summed E-state index contributed by atoms with van der Waals surface area (Å²) in [6, 6.07) is 11.5. The number of amides is 4. The van der Waals surface area contributed by atoms with Crippen LogP contribution in [0.3, 0.4) is 0 Å². The van der Waals surface area contributed by atoms with Gasteiger partial charge in [-0.15, -0.1) is 0 Å². The molecule has 0 radical (unpaired) electrons. The Hall–Kier alpha value is -3.21. The minimum atomic E-state index is -0.615. The maximum absolute atomic E-state index is 12.5. The van der Waals surface area contributed by atoms with E-state index < -0.39 is 17.8 Å². The molecule has 0 aliphatic carbocycles. The van der Waals surface area contributed by atoms with E-state index in [4.69, 9.17) is 0 Å². The predicted molar refractivity (Wildman–Crippen MR) is 113 cm³/mol. The number of carbonyl (C=O) groups is 3. The number of barbiturate groups is 1. The Kier molecular flexibility index (Phi) is 5.69. The molecule has 1 heterocycles. The largest absolute Gasteiger partial charge is 0.333 e. The zero-order valence-corrected chi connectivity index (χ0v) is 17.6. The molecular weight excluding hydrogens is 364 g/mol. The van der Waals surface area contributed by atoms with E-state index in [2.05, 4.69) is 32.9 Å². The molecule has 150 valence electrons. The van der Waals surface area contributed by atoms with Crippen molar-refractivity contribution in [2.45, 2.75) is 33.6 Å². The molecule has 1 fully saturated rings. The number of benzene rings is 2. The lowest BCUT2D eigenvalue weighted by atomic mass is 9.92. The number of nitrogens with zero attached hydrogens (tertiary/aromatic N) is 2. The topological polar surface area (TPSA) is 57.7 Å². The Morgan fingerprint density at radius 1 is 0.828 bits per heavy atom. The highest BCUT2D eigenvalue weighted by atomic mass is 16.2. The van der Waals surface area contributed by atoms with E-state index in [1.807, 2.05) is 24.3 Å². The quantitative estimate of drug-likeness (QED) is 0.589. The molecule has 5 heteroatoms. The molecule has 2 aromatic rings. The van der Waals surface area contributed by atoms with Gasteiger partial charge in [-0.1, -0.05) is 42.0 Å². The Morgan fingerprint density at radius 3 is 1.97 bits per heavy atom. The van der Waals surface area contributed by atoms with Crippen molar-refractivity contribution in [3.05, 3.63) is 75.4 Å². The second-order valence-electron chi connectivity index (χ2n) is 7.65. The summed E-state index contributed by atoms with van der Waals surface area (Å²) in [5, 5.41) is 0. The van der Waals surface area contributed by atoms with Crippen molar-refractivity contribution in [1.82, 2.24) is 9.80 Å². The molecule has 3 rings (SSSR count). The number of hydrogen-bond donors (Lipinski definition) is 0. The van der Waals surface area contributed by atoms with Gasteiger partial charge in [0.25, 0.3) is 11.8 Å². The van der Waals surface area contributed by atoms with Gasteiger partial charge in [-0.2, -0.15) is 0 Å². The summed E-state index contributed by atoms with van der Waals surface area (Å²) in [6.07, 6.45) is 3.27. The molecule has 0 N–H and O–H groups in total. The highest BCUT2D eigenvalue weighted by Crippen LogP contribution is 2.23. The summed E-state index contributed by atoms with van der Waals surface area (Å²) < 4.78 is 0. The van der Waals surface area contributed by atoms with Crippen LogP contribution in [0.15, 0.2) is 42.0 Å². The lowest BCUT2D eigenvalue weighted by Gasteiger charge is -2.29. The standard InChI is InChI=1S/C24H26N2O3/c1-15-12-16(2)20(17(3)13-15)11-10-18-8-6-7-9-19(18)14-21-22(27)25(4)24(29)26(5)23(21)28/h6-9,12-14H,10-11H2,1-5H3. The van der Waals surface area contributed by atoms with Gasteiger partial charge in [-0.05, 0) is 67.5 Å². The number of hydrogen-bond acceptors (Lipinski definition) is 3. The number of likely N-dealkylation sites (N-methyl/N-ethyl adjacent to an activating group) is 2. The molecule has 1 aliphatic heterocycles. The molecule has 0 atom stereocenters. The zero-order chi connectivity index (χ0) is 21.3. The van der Waals surface area contributed by atoms with Gasteiger partial charge in [0, 0.05) is 14.1 Å². The zero-order valence-electron chi connectivity index (χ0n) is 17.6. The minimum Gasteiger partial charge on any atom is -0.268 e. The summed E-state index contributed by atoms with van der Waals surface area (Å²) in [5.41, 5.74) is 7.02. The lowest BCUT2D eigenvalue weighted by Crippen LogP contribution is -2.52. The normalized spacial score (nSPS) is 14.7. The second kappa shape index (κ2) is 8.03. The Labute approximate surface area is 171 Å². The van der Waals surface area contributed by atoms with E-state index >= 15 is 0 Å². The van der Waals surface area contributed by atoms with E-state index in [1.54, 1.807) is 6.08 Å². The van der Waals surface area contributed by atoms with Crippen LogP contribution in [0.25, 0.3) is 6.08 Å². The van der Waals surface area contributed by atoms with Gasteiger partial charge in [-0.3, -0.25) is 19.4 Å². The van der Waals surface area contributed by atoms with E-state index in [0.29, 0.717) is 0 Å². The maximum Gasteiger partial charge on any atom is 0.333 e. The molecule has 0 bridgehead atoms. The van der Waals surface area contributed by atoms with Crippen LogP contribution >= 0.6 is 0 Å². The first-order chi connectivity index (χ1) is 13.7. The first kappa shape index (κ1) is 20.5. The van der Waals surface area contributed by atoms with Crippen LogP contribution in [0.4, 0.5) is 4.79 Å². The minimum absolute atomic E-state index is 0.00440. The molecule has 29 heavy (non-hydrogen) atoms. The Bertz CT molecular complexity index is 987. The molecule has 0 unspecified atom stereocenters. The van der Waals surface area contributed by atoms with Gasteiger partial charge >= 0.3 is 6.03 Å². The number of carbonyl (C=O) groups excluding carboxylic acids is 3. The third-order valence-electron chi connectivity index (χ3n) is 5.48. The number of imide groups is 2. The van der Waals surface area contributed by atoms with Crippen LogP contribution in [-0.2, 0) is 22.4 Å². The molecule has 5 nitrogen and oxygen atoms in total.